The lowest BCUT2D eigenvalue weighted by molar-refractivity contribution is -0.167. The Balaban J connectivity index is 4.29. The summed E-state index contributed by atoms with van der Waals surface area (Å²) in [5.41, 5.74) is 0. The SMILES string of the molecule is CCCC/C=C\CCCCCCCC(=O)OC[C@H](COC(=O)CCCCCCCCCCCCCCCCCCC)OC(=O)CCCCCCCCCCCCCCCCC. The molecule has 0 saturated carbocycles. The molecule has 0 rings (SSSR count). The van der Waals surface area contributed by atoms with Crippen molar-refractivity contribution >= 4 is 17.9 Å². The van der Waals surface area contributed by atoms with Gasteiger partial charge in [0, 0.05) is 19.3 Å². The van der Waals surface area contributed by atoms with Gasteiger partial charge in [0.15, 0.2) is 6.10 Å². The van der Waals surface area contributed by atoms with Gasteiger partial charge in [-0.1, -0.05) is 258 Å². The second-order valence-corrected chi connectivity index (χ2v) is 18.5. The third-order valence-electron chi connectivity index (χ3n) is 12.3. The fourth-order valence-corrected chi connectivity index (χ4v) is 8.13. The molecule has 61 heavy (non-hydrogen) atoms. The fourth-order valence-electron chi connectivity index (χ4n) is 8.13. The van der Waals surface area contributed by atoms with E-state index in [2.05, 4.69) is 32.9 Å². The molecule has 0 aromatic heterocycles. The molecule has 0 aliphatic rings. The van der Waals surface area contributed by atoms with Gasteiger partial charge in [-0.2, -0.15) is 0 Å². The number of rotatable bonds is 50. The van der Waals surface area contributed by atoms with Crippen LogP contribution in [0.2, 0.25) is 0 Å². The number of hydrogen-bond donors (Lipinski definition) is 0. The largest absolute Gasteiger partial charge is 0.462 e. The Morgan fingerprint density at radius 2 is 0.557 bits per heavy atom. The van der Waals surface area contributed by atoms with Crippen LogP contribution >= 0.6 is 0 Å². The van der Waals surface area contributed by atoms with Crippen LogP contribution in [-0.4, -0.2) is 37.2 Å². The third-order valence-corrected chi connectivity index (χ3v) is 12.3. The number of allylic oxidation sites excluding steroid dienone is 2. The minimum Gasteiger partial charge on any atom is -0.462 e. The van der Waals surface area contributed by atoms with E-state index < -0.39 is 6.10 Å². The predicted octanol–water partition coefficient (Wildman–Crippen LogP) is 17.8. The van der Waals surface area contributed by atoms with E-state index in [0.717, 1.165) is 64.2 Å². The lowest BCUT2D eigenvalue weighted by atomic mass is 10.0. The van der Waals surface area contributed by atoms with Gasteiger partial charge in [0.1, 0.15) is 13.2 Å². The molecule has 0 unspecified atom stereocenters. The van der Waals surface area contributed by atoms with Crippen LogP contribution < -0.4 is 0 Å². The van der Waals surface area contributed by atoms with Crippen LogP contribution in [-0.2, 0) is 28.6 Å². The van der Waals surface area contributed by atoms with Crippen molar-refractivity contribution in [1.82, 2.24) is 0 Å². The van der Waals surface area contributed by atoms with E-state index in [1.54, 1.807) is 0 Å². The van der Waals surface area contributed by atoms with Gasteiger partial charge in [-0.05, 0) is 38.5 Å². The van der Waals surface area contributed by atoms with Gasteiger partial charge < -0.3 is 14.2 Å². The van der Waals surface area contributed by atoms with E-state index in [4.69, 9.17) is 14.2 Å². The molecule has 0 heterocycles. The normalized spacial score (nSPS) is 12.0. The van der Waals surface area contributed by atoms with Gasteiger partial charge in [0.05, 0.1) is 0 Å². The molecule has 0 N–H and O–H groups in total. The first-order valence-corrected chi connectivity index (χ1v) is 27.2. The number of unbranched alkanes of at least 4 members (excludes halogenated alkanes) is 37. The Bertz CT molecular complexity index is 947. The molecule has 0 bridgehead atoms. The predicted molar refractivity (Wildman–Crippen MR) is 261 cm³/mol. The summed E-state index contributed by atoms with van der Waals surface area (Å²) in [6.07, 6.45) is 56.3. The van der Waals surface area contributed by atoms with E-state index in [1.807, 2.05) is 0 Å². The van der Waals surface area contributed by atoms with Crippen LogP contribution in [0, 0.1) is 0 Å². The van der Waals surface area contributed by atoms with E-state index in [0.29, 0.717) is 19.3 Å². The van der Waals surface area contributed by atoms with Crippen molar-refractivity contribution in [3.63, 3.8) is 0 Å². The smallest absolute Gasteiger partial charge is 0.306 e. The van der Waals surface area contributed by atoms with Crippen molar-refractivity contribution in [2.45, 2.75) is 309 Å². The molecule has 0 saturated heterocycles. The molecule has 0 aromatic rings. The van der Waals surface area contributed by atoms with Gasteiger partial charge in [0.2, 0.25) is 0 Å². The summed E-state index contributed by atoms with van der Waals surface area (Å²) >= 11 is 0. The monoisotopic (exact) mass is 861 g/mol. The Kier molecular flexibility index (Phi) is 49.3. The zero-order chi connectivity index (χ0) is 44.4. The fraction of sp³-hybridized carbons (Fsp3) is 0.909. The zero-order valence-corrected chi connectivity index (χ0v) is 41.2. The summed E-state index contributed by atoms with van der Waals surface area (Å²) in [6.45, 7) is 6.64. The minimum atomic E-state index is -0.766. The van der Waals surface area contributed by atoms with Gasteiger partial charge in [-0.15, -0.1) is 0 Å². The molecular formula is C55H104O6. The van der Waals surface area contributed by atoms with Crippen LogP contribution in [0.4, 0.5) is 0 Å². The second kappa shape index (κ2) is 50.8. The maximum absolute atomic E-state index is 12.8. The molecule has 1 atom stereocenters. The maximum atomic E-state index is 12.8. The average molecular weight is 861 g/mol. The molecule has 0 aliphatic heterocycles. The number of esters is 3. The highest BCUT2D eigenvalue weighted by molar-refractivity contribution is 5.71. The van der Waals surface area contributed by atoms with Gasteiger partial charge in [0.25, 0.3) is 0 Å². The standard InChI is InChI=1S/C55H104O6/c1-4-7-10-13-16-19-22-24-26-27-29-30-33-36-39-42-45-48-54(57)60-51-52(50-59-53(56)47-44-41-38-35-32-21-18-15-12-9-6-3)61-55(58)49-46-43-40-37-34-31-28-25-23-20-17-14-11-8-5-2/h15,18,52H,4-14,16-17,19-51H2,1-3H3/b18-15-/t52-/m1/s1. The average Bonchev–Trinajstić information content (AvgIpc) is 3.26. The first-order valence-electron chi connectivity index (χ1n) is 27.2. The highest BCUT2D eigenvalue weighted by Crippen LogP contribution is 2.17. The molecule has 0 fully saturated rings. The molecule has 0 radical (unpaired) electrons. The van der Waals surface area contributed by atoms with Crippen molar-refractivity contribution in [3.05, 3.63) is 12.2 Å². The highest BCUT2D eigenvalue weighted by Gasteiger charge is 2.19. The van der Waals surface area contributed by atoms with Gasteiger partial charge in [-0.3, -0.25) is 14.4 Å². The lowest BCUT2D eigenvalue weighted by Crippen LogP contribution is -2.30. The molecule has 6 heteroatoms. The number of carbonyl (C=O) groups is 3. The molecular weight excluding hydrogens is 757 g/mol. The zero-order valence-electron chi connectivity index (χ0n) is 41.2. The Labute approximate surface area is 380 Å². The van der Waals surface area contributed by atoms with Crippen LogP contribution in [0.15, 0.2) is 12.2 Å². The van der Waals surface area contributed by atoms with Crippen LogP contribution in [0.25, 0.3) is 0 Å². The Morgan fingerprint density at radius 1 is 0.311 bits per heavy atom. The summed E-state index contributed by atoms with van der Waals surface area (Å²) in [7, 11) is 0. The summed E-state index contributed by atoms with van der Waals surface area (Å²) < 4.78 is 16.8. The molecule has 0 spiro atoms. The van der Waals surface area contributed by atoms with Crippen molar-refractivity contribution in [2.75, 3.05) is 13.2 Å². The quantitative estimate of drug-likeness (QED) is 0.0262. The topological polar surface area (TPSA) is 78.9 Å². The first-order chi connectivity index (χ1) is 30.0. The van der Waals surface area contributed by atoms with Crippen LogP contribution in [0.3, 0.4) is 0 Å². The van der Waals surface area contributed by atoms with Crippen molar-refractivity contribution < 1.29 is 28.6 Å². The Morgan fingerprint density at radius 3 is 0.869 bits per heavy atom. The summed E-state index contributed by atoms with van der Waals surface area (Å²) in [5.74, 6) is -0.857. The molecule has 6 nitrogen and oxygen atoms in total. The van der Waals surface area contributed by atoms with Crippen LogP contribution in [0.1, 0.15) is 303 Å². The van der Waals surface area contributed by atoms with Gasteiger partial charge in [-0.25, -0.2) is 0 Å². The summed E-state index contributed by atoms with van der Waals surface area (Å²) in [6, 6.07) is 0. The van der Waals surface area contributed by atoms with Crippen molar-refractivity contribution in [1.29, 1.82) is 0 Å². The van der Waals surface area contributed by atoms with Crippen LogP contribution in [0.5, 0.6) is 0 Å². The van der Waals surface area contributed by atoms with E-state index in [-0.39, 0.29) is 31.1 Å². The molecule has 0 amide bonds. The Hall–Kier alpha value is -1.85. The van der Waals surface area contributed by atoms with Crippen molar-refractivity contribution in [3.8, 4) is 0 Å². The number of ether oxygens (including phenoxy) is 3. The second-order valence-electron chi connectivity index (χ2n) is 18.5. The first kappa shape index (κ1) is 59.1. The number of hydrogen-bond acceptors (Lipinski definition) is 6. The molecule has 0 aromatic carbocycles. The molecule has 360 valence electrons. The van der Waals surface area contributed by atoms with E-state index in [1.165, 1.54) is 199 Å². The number of carbonyl (C=O) groups excluding carboxylic acids is 3. The van der Waals surface area contributed by atoms with E-state index in [9.17, 15) is 14.4 Å². The summed E-state index contributed by atoms with van der Waals surface area (Å²) in [5, 5.41) is 0. The van der Waals surface area contributed by atoms with Crippen molar-refractivity contribution in [2.24, 2.45) is 0 Å². The van der Waals surface area contributed by atoms with E-state index >= 15 is 0 Å². The maximum Gasteiger partial charge on any atom is 0.306 e. The molecule has 0 aliphatic carbocycles. The summed E-state index contributed by atoms with van der Waals surface area (Å²) in [4.78, 5) is 38.0. The highest BCUT2D eigenvalue weighted by atomic mass is 16.6. The van der Waals surface area contributed by atoms with Gasteiger partial charge >= 0.3 is 17.9 Å². The lowest BCUT2D eigenvalue weighted by Gasteiger charge is -2.18. The minimum absolute atomic E-state index is 0.0669. The third kappa shape index (κ3) is 49.0.